The summed E-state index contributed by atoms with van der Waals surface area (Å²) in [5.74, 6) is -0.534. The lowest BCUT2D eigenvalue weighted by atomic mass is 10.2. The van der Waals surface area contributed by atoms with Crippen molar-refractivity contribution in [1.29, 1.82) is 5.26 Å². The number of thiophene rings is 1. The summed E-state index contributed by atoms with van der Waals surface area (Å²) in [6.45, 7) is 1.77. The fourth-order valence-corrected chi connectivity index (χ4v) is 2.59. The van der Waals surface area contributed by atoms with Crippen molar-refractivity contribution in [3.63, 3.8) is 0 Å². The van der Waals surface area contributed by atoms with Crippen LogP contribution in [-0.2, 0) is 0 Å². The maximum atomic E-state index is 13.0. The number of halogens is 1. The van der Waals surface area contributed by atoms with Crippen LogP contribution in [0.15, 0.2) is 24.3 Å². The molecule has 0 saturated carbocycles. The van der Waals surface area contributed by atoms with E-state index in [1.807, 2.05) is 6.07 Å². The van der Waals surface area contributed by atoms with Gasteiger partial charge in [0.25, 0.3) is 5.91 Å². The molecule has 0 bridgehead atoms. The number of hydrogen-bond donors (Lipinski definition) is 1. The highest BCUT2D eigenvalue weighted by Gasteiger charge is 2.13. The molecule has 0 spiro atoms. The lowest BCUT2D eigenvalue weighted by molar-refractivity contribution is 0.0945. The van der Waals surface area contributed by atoms with Crippen molar-refractivity contribution >= 4 is 27.3 Å². The van der Waals surface area contributed by atoms with Crippen LogP contribution in [0, 0.1) is 17.1 Å². The Labute approximate surface area is 108 Å². The molecule has 1 N–H and O–H groups in total. The Morgan fingerprint density at radius 1 is 1.56 bits per heavy atom. The van der Waals surface area contributed by atoms with Gasteiger partial charge in [-0.05, 0) is 30.5 Å². The zero-order valence-corrected chi connectivity index (χ0v) is 10.6. The zero-order valence-electron chi connectivity index (χ0n) is 9.74. The Kier molecular flexibility index (Phi) is 3.58. The summed E-state index contributed by atoms with van der Waals surface area (Å²) >= 11 is 1.24. The molecule has 3 nitrogen and oxygen atoms in total. The second-order valence-electron chi connectivity index (χ2n) is 4.03. The Hall–Kier alpha value is -1.93. The summed E-state index contributed by atoms with van der Waals surface area (Å²) in [5, 5.41) is 12.1. The highest BCUT2D eigenvalue weighted by Crippen LogP contribution is 2.26. The summed E-state index contributed by atoms with van der Waals surface area (Å²) in [4.78, 5) is 12.4. The maximum absolute atomic E-state index is 13.0. The average Bonchev–Trinajstić information content (AvgIpc) is 2.72. The first-order chi connectivity index (χ1) is 8.60. The van der Waals surface area contributed by atoms with Gasteiger partial charge in [0, 0.05) is 10.7 Å². The van der Waals surface area contributed by atoms with Gasteiger partial charge in [0.1, 0.15) is 5.82 Å². The number of nitrogens with zero attached hydrogens (tertiary/aromatic N) is 1. The molecule has 18 heavy (non-hydrogen) atoms. The normalized spacial score (nSPS) is 12.1. The van der Waals surface area contributed by atoms with Crippen LogP contribution in [0.1, 0.15) is 23.0 Å². The van der Waals surface area contributed by atoms with Crippen molar-refractivity contribution in [3.8, 4) is 6.07 Å². The standard InChI is InChI=1S/C13H11FN2OS/c1-8(4-5-15)16-13(17)12-6-9-2-3-10(14)7-11(9)18-12/h2-3,6-8H,4H2,1H3,(H,16,17). The summed E-state index contributed by atoms with van der Waals surface area (Å²) in [6.07, 6.45) is 0.269. The van der Waals surface area contributed by atoms with Crippen LogP contribution in [-0.4, -0.2) is 11.9 Å². The van der Waals surface area contributed by atoms with Gasteiger partial charge in [-0.15, -0.1) is 11.3 Å². The Bertz CT molecular complexity index is 629. The first kappa shape index (κ1) is 12.5. The Balaban J connectivity index is 2.21. The van der Waals surface area contributed by atoms with E-state index in [-0.39, 0.29) is 24.2 Å². The number of nitriles is 1. The second kappa shape index (κ2) is 5.15. The summed E-state index contributed by atoms with van der Waals surface area (Å²) in [7, 11) is 0. The Morgan fingerprint density at radius 2 is 2.33 bits per heavy atom. The van der Waals surface area contributed by atoms with Crippen LogP contribution in [0.5, 0.6) is 0 Å². The van der Waals surface area contributed by atoms with Gasteiger partial charge in [-0.25, -0.2) is 4.39 Å². The van der Waals surface area contributed by atoms with Crippen LogP contribution in [0.3, 0.4) is 0 Å². The smallest absolute Gasteiger partial charge is 0.261 e. The number of nitrogens with one attached hydrogen (secondary N) is 1. The SMILES string of the molecule is CC(CC#N)NC(=O)c1cc2ccc(F)cc2s1. The third-order valence-corrected chi connectivity index (χ3v) is 3.58. The van der Waals surface area contributed by atoms with Crippen LogP contribution in [0.25, 0.3) is 10.1 Å². The maximum Gasteiger partial charge on any atom is 0.261 e. The molecule has 2 aromatic rings. The topological polar surface area (TPSA) is 52.9 Å². The minimum absolute atomic E-state index is 0.190. The van der Waals surface area contributed by atoms with E-state index in [0.717, 1.165) is 10.1 Å². The molecule has 1 aromatic carbocycles. The van der Waals surface area contributed by atoms with Gasteiger partial charge in [0.2, 0.25) is 0 Å². The number of carbonyl (C=O) groups is 1. The van der Waals surface area contributed by atoms with Gasteiger partial charge in [-0.1, -0.05) is 6.07 Å². The van der Waals surface area contributed by atoms with Crippen molar-refractivity contribution in [1.82, 2.24) is 5.32 Å². The van der Waals surface area contributed by atoms with E-state index in [4.69, 9.17) is 5.26 Å². The third kappa shape index (κ3) is 2.66. The Morgan fingerprint density at radius 3 is 3.06 bits per heavy atom. The molecule has 0 saturated heterocycles. The molecule has 0 radical (unpaired) electrons. The van der Waals surface area contributed by atoms with E-state index >= 15 is 0 Å². The second-order valence-corrected chi connectivity index (χ2v) is 5.11. The molecule has 0 aliphatic carbocycles. The molecule has 0 aliphatic rings. The fourth-order valence-electron chi connectivity index (χ4n) is 1.60. The number of carbonyl (C=O) groups excluding carboxylic acids is 1. The van der Waals surface area contributed by atoms with Gasteiger partial charge in [-0.3, -0.25) is 4.79 Å². The number of rotatable bonds is 3. The molecule has 1 unspecified atom stereocenters. The van der Waals surface area contributed by atoms with Crippen LogP contribution < -0.4 is 5.32 Å². The van der Waals surface area contributed by atoms with Crippen molar-refractivity contribution in [2.75, 3.05) is 0 Å². The van der Waals surface area contributed by atoms with Gasteiger partial charge >= 0.3 is 0 Å². The van der Waals surface area contributed by atoms with E-state index in [9.17, 15) is 9.18 Å². The number of benzene rings is 1. The number of hydrogen-bond acceptors (Lipinski definition) is 3. The molecule has 1 aromatic heterocycles. The number of amides is 1. The van der Waals surface area contributed by atoms with E-state index in [1.165, 1.54) is 23.5 Å². The van der Waals surface area contributed by atoms with E-state index in [2.05, 4.69) is 5.32 Å². The summed E-state index contributed by atoms with van der Waals surface area (Å²) in [5.41, 5.74) is 0. The predicted octanol–water partition coefficient (Wildman–Crippen LogP) is 3.07. The molecule has 1 amide bonds. The highest BCUT2D eigenvalue weighted by molar-refractivity contribution is 7.20. The van der Waals surface area contributed by atoms with Gasteiger partial charge in [0.05, 0.1) is 17.4 Å². The number of fused-ring (bicyclic) bond motifs is 1. The molecular formula is C13H11FN2OS. The quantitative estimate of drug-likeness (QED) is 0.924. The van der Waals surface area contributed by atoms with Gasteiger partial charge < -0.3 is 5.32 Å². The summed E-state index contributed by atoms with van der Waals surface area (Å²) in [6, 6.07) is 7.97. The molecule has 1 atom stereocenters. The van der Waals surface area contributed by atoms with Crippen LogP contribution in [0.4, 0.5) is 4.39 Å². The monoisotopic (exact) mass is 262 g/mol. The van der Waals surface area contributed by atoms with Crippen LogP contribution in [0.2, 0.25) is 0 Å². The van der Waals surface area contributed by atoms with Gasteiger partial charge in [0.15, 0.2) is 0 Å². The molecule has 0 aliphatic heterocycles. The third-order valence-electron chi connectivity index (χ3n) is 2.48. The lowest BCUT2D eigenvalue weighted by Crippen LogP contribution is -2.31. The predicted molar refractivity (Wildman–Crippen MR) is 68.9 cm³/mol. The zero-order chi connectivity index (χ0) is 13.1. The van der Waals surface area contributed by atoms with Crippen molar-refractivity contribution in [2.24, 2.45) is 0 Å². The fraction of sp³-hybridized carbons (Fsp3) is 0.231. The van der Waals surface area contributed by atoms with Gasteiger partial charge in [-0.2, -0.15) is 5.26 Å². The first-order valence-electron chi connectivity index (χ1n) is 5.47. The molecule has 92 valence electrons. The molecule has 5 heteroatoms. The van der Waals surface area contributed by atoms with E-state index in [1.54, 1.807) is 19.1 Å². The van der Waals surface area contributed by atoms with Crippen molar-refractivity contribution in [2.45, 2.75) is 19.4 Å². The van der Waals surface area contributed by atoms with Crippen molar-refractivity contribution < 1.29 is 9.18 Å². The van der Waals surface area contributed by atoms with E-state index < -0.39 is 0 Å². The molecule has 0 fully saturated rings. The molecule has 1 heterocycles. The highest BCUT2D eigenvalue weighted by atomic mass is 32.1. The van der Waals surface area contributed by atoms with Crippen LogP contribution >= 0.6 is 11.3 Å². The largest absolute Gasteiger partial charge is 0.348 e. The average molecular weight is 262 g/mol. The minimum Gasteiger partial charge on any atom is -0.348 e. The molecule has 2 rings (SSSR count). The van der Waals surface area contributed by atoms with Crippen molar-refractivity contribution in [3.05, 3.63) is 35.0 Å². The molecular weight excluding hydrogens is 251 g/mol. The van der Waals surface area contributed by atoms with E-state index in [0.29, 0.717) is 4.88 Å². The lowest BCUT2D eigenvalue weighted by Gasteiger charge is -2.08. The minimum atomic E-state index is -0.311. The first-order valence-corrected chi connectivity index (χ1v) is 6.28. The summed E-state index contributed by atoms with van der Waals surface area (Å²) < 4.78 is 13.8.